The van der Waals surface area contributed by atoms with Gasteiger partial charge in [-0.2, -0.15) is 8.42 Å². The molecule has 2 N–H and O–H groups in total. The lowest BCUT2D eigenvalue weighted by molar-refractivity contribution is 0.598. The molecule has 0 aliphatic heterocycles. The van der Waals surface area contributed by atoms with Gasteiger partial charge in [-0.05, 0) is 19.1 Å². The van der Waals surface area contributed by atoms with E-state index in [4.69, 9.17) is 23.2 Å². The maximum Gasteiger partial charge on any atom is 0.279 e. The van der Waals surface area contributed by atoms with E-state index in [2.05, 4.69) is 14.7 Å². The number of halogens is 2. The van der Waals surface area contributed by atoms with Crippen molar-refractivity contribution in [3.8, 4) is 0 Å². The number of aryl methyl sites for hydroxylation is 1. The van der Waals surface area contributed by atoms with E-state index in [1.54, 1.807) is 19.1 Å². The van der Waals surface area contributed by atoms with Crippen molar-refractivity contribution in [2.24, 2.45) is 0 Å². The van der Waals surface area contributed by atoms with Crippen molar-refractivity contribution in [3.63, 3.8) is 0 Å². The standard InChI is InChI=1S/C10H9Cl2N3O2S/c1-6-13-5-9(14-6)18(16,17)15-8-4-2-3-7(11)10(8)12/h2-5,15H,1H3,(H,13,14). The van der Waals surface area contributed by atoms with Gasteiger partial charge in [-0.3, -0.25) is 4.72 Å². The Morgan fingerprint density at radius 3 is 2.67 bits per heavy atom. The Kier molecular flexibility index (Phi) is 3.52. The molecule has 96 valence electrons. The summed E-state index contributed by atoms with van der Waals surface area (Å²) in [5.41, 5.74) is 0.219. The van der Waals surface area contributed by atoms with E-state index in [1.807, 2.05) is 0 Å². The lowest BCUT2D eigenvalue weighted by atomic mass is 10.3. The summed E-state index contributed by atoms with van der Waals surface area (Å²) < 4.78 is 26.3. The Bertz CT molecular complexity index is 682. The number of nitrogens with zero attached hydrogens (tertiary/aromatic N) is 1. The molecule has 0 amide bonds. The summed E-state index contributed by atoms with van der Waals surface area (Å²) >= 11 is 11.7. The van der Waals surface area contributed by atoms with Crippen molar-refractivity contribution in [1.82, 2.24) is 9.97 Å². The molecule has 0 spiro atoms. The molecule has 0 unspecified atom stereocenters. The molecule has 0 saturated carbocycles. The second-order valence-corrected chi connectivity index (χ2v) is 5.98. The van der Waals surface area contributed by atoms with Crippen molar-refractivity contribution in [1.29, 1.82) is 0 Å². The molecule has 0 fully saturated rings. The first kappa shape index (κ1) is 13.2. The first-order valence-electron chi connectivity index (χ1n) is 4.88. The molecule has 1 heterocycles. The zero-order chi connectivity index (χ0) is 13.3. The van der Waals surface area contributed by atoms with E-state index in [1.165, 1.54) is 12.3 Å². The molecule has 1 aromatic carbocycles. The molecule has 18 heavy (non-hydrogen) atoms. The van der Waals surface area contributed by atoms with Crippen LogP contribution in [0.5, 0.6) is 0 Å². The third-order valence-electron chi connectivity index (χ3n) is 2.16. The van der Waals surface area contributed by atoms with E-state index < -0.39 is 10.0 Å². The zero-order valence-electron chi connectivity index (χ0n) is 9.24. The van der Waals surface area contributed by atoms with E-state index in [0.717, 1.165) is 0 Å². The number of imidazole rings is 1. The van der Waals surface area contributed by atoms with Crippen molar-refractivity contribution < 1.29 is 8.42 Å². The number of hydrogen-bond donors (Lipinski definition) is 2. The van der Waals surface area contributed by atoms with Gasteiger partial charge in [0, 0.05) is 0 Å². The summed E-state index contributed by atoms with van der Waals surface area (Å²) in [6, 6.07) is 4.70. The van der Waals surface area contributed by atoms with Crippen LogP contribution in [-0.2, 0) is 10.0 Å². The topological polar surface area (TPSA) is 74.8 Å². The smallest absolute Gasteiger partial charge is 0.279 e. The highest BCUT2D eigenvalue weighted by Gasteiger charge is 2.18. The van der Waals surface area contributed by atoms with Gasteiger partial charge in [0.05, 0.1) is 21.9 Å². The molecule has 0 aliphatic rings. The largest absolute Gasteiger partial charge is 0.332 e. The summed E-state index contributed by atoms with van der Waals surface area (Å²) in [6.45, 7) is 1.66. The van der Waals surface area contributed by atoms with E-state index in [9.17, 15) is 8.42 Å². The van der Waals surface area contributed by atoms with E-state index in [-0.39, 0.29) is 20.8 Å². The second kappa shape index (κ2) is 4.79. The summed E-state index contributed by atoms with van der Waals surface area (Å²) in [7, 11) is -3.74. The average molecular weight is 306 g/mol. The number of benzene rings is 1. The van der Waals surface area contributed by atoms with Crippen LogP contribution in [0.15, 0.2) is 29.4 Å². The monoisotopic (exact) mass is 305 g/mol. The predicted molar refractivity (Wildman–Crippen MR) is 70.6 cm³/mol. The Hall–Kier alpha value is -1.24. The quantitative estimate of drug-likeness (QED) is 0.915. The molecule has 0 atom stereocenters. The summed E-state index contributed by atoms with van der Waals surface area (Å²) in [6.07, 6.45) is 1.23. The fourth-order valence-electron chi connectivity index (χ4n) is 1.32. The highest BCUT2D eigenvalue weighted by atomic mass is 35.5. The normalized spacial score (nSPS) is 11.5. The summed E-state index contributed by atoms with van der Waals surface area (Å²) in [5, 5.41) is 0.396. The molecule has 0 radical (unpaired) electrons. The van der Waals surface area contributed by atoms with Crippen molar-refractivity contribution in [2.45, 2.75) is 11.9 Å². The van der Waals surface area contributed by atoms with Gasteiger partial charge in [-0.1, -0.05) is 29.3 Å². The number of H-pyrrole nitrogens is 1. The van der Waals surface area contributed by atoms with Gasteiger partial charge in [0.2, 0.25) is 0 Å². The maximum absolute atomic E-state index is 12.0. The maximum atomic E-state index is 12.0. The minimum absolute atomic E-state index is 0.0314. The van der Waals surface area contributed by atoms with Crippen LogP contribution >= 0.6 is 23.2 Å². The Balaban J connectivity index is 2.37. The SMILES string of the molecule is Cc1ncc(S(=O)(=O)Nc2cccc(Cl)c2Cl)[nH]1. The number of sulfonamides is 1. The number of aromatic nitrogens is 2. The molecule has 1 aromatic heterocycles. The van der Waals surface area contributed by atoms with E-state index >= 15 is 0 Å². The van der Waals surface area contributed by atoms with Crippen molar-refractivity contribution in [3.05, 3.63) is 40.3 Å². The molecular formula is C10H9Cl2N3O2S. The number of aromatic amines is 1. The van der Waals surface area contributed by atoms with Gasteiger partial charge in [-0.15, -0.1) is 0 Å². The molecule has 0 aliphatic carbocycles. The van der Waals surface area contributed by atoms with E-state index in [0.29, 0.717) is 5.82 Å². The van der Waals surface area contributed by atoms with Crippen LogP contribution in [0.2, 0.25) is 10.0 Å². The highest BCUT2D eigenvalue weighted by molar-refractivity contribution is 7.92. The fraction of sp³-hybridized carbons (Fsp3) is 0.100. The lowest BCUT2D eigenvalue weighted by Crippen LogP contribution is -2.13. The van der Waals surface area contributed by atoms with Gasteiger partial charge in [0.15, 0.2) is 5.03 Å². The van der Waals surface area contributed by atoms with Crippen LogP contribution in [0.1, 0.15) is 5.82 Å². The van der Waals surface area contributed by atoms with Crippen LogP contribution in [-0.4, -0.2) is 18.4 Å². The van der Waals surface area contributed by atoms with Gasteiger partial charge >= 0.3 is 0 Å². The molecular weight excluding hydrogens is 297 g/mol. The van der Waals surface area contributed by atoms with Crippen LogP contribution in [0.4, 0.5) is 5.69 Å². The Labute approximate surface area is 114 Å². The molecule has 2 aromatic rings. The third-order valence-corrected chi connectivity index (χ3v) is 4.26. The number of hydrogen-bond acceptors (Lipinski definition) is 3. The van der Waals surface area contributed by atoms with Crippen molar-refractivity contribution in [2.75, 3.05) is 4.72 Å². The van der Waals surface area contributed by atoms with Crippen LogP contribution < -0.4 is 4.72 Å². The highest BCUT2D eigenvalue weighted by Crippen LogP contribution is 2.30. The summed E-state index contributed by atoms with van der Waals surface area (Å²) in [5.74, 6) is 0.507. The Morgan fingerprint density at radius 2 is 2.06 bits per heavy atom. The van der Waals surface area contributed by atoms with Gasteiger partial charge in [0.1, 0.15) is 5.82 Å². The third kappa shape index (κ3) is 2.60. The molecule has 0 saturated heterocycles. The lowest BCUT2D eigenvalue weighted by Gasteiger charge is -2.08. The number of nitrogens with one attached hydrogen (secondary N) is 2. The average Bonchev–Trinajstić information content (AvgIpc) is 2.72. The van der Waals surface area contributed by atoms with Gasteiger partial charge in [-0.25, -0.2) is 4.98 Å². The zero-order valence-corrected chi connectivity index (χ0v) is 11.6. The van der Waals surface area contributed by atoms with Gasteiger partial charge < -0.3 is 4.98 Å². The van der Waals surface area contributed by atoms with Crippen LogP contribution in [0, 0.1) is 6.92 Å². The van der Waals surface area contributed by atoms with Gasteiger partial charge in [0.25, 0.3) is 10.0 Å². The second-order valence-electron chi connectivity index (χ2n) is 3.54. The van der Waals surface area contributed by atoms with Crippen LogP contribution in [0.25, 0.3) is 0 Å². The fourth-order valence-corrected chi connectivity index (χ4v) is 2.76. The molecule has 2 rings (SSSR count). The predicted octanol–water partition coefficient (Wildman–Crippen LogP) is 2.83. The number of anilines is 1. The first-order chi connectivity index (χ1) is 8.40. The van der Waals surface area contributed by atoms with Crippen LogP contribution in [0.3, 0.4) is 0 Å². The minimum atomic E-state index is -3.74. The molecule has 0 bridgehead atoms. The molecule has 8 heteroatoms. The van der Waals surface area contributed by atoms with Crippen molar-refractivity contribution >= 4 is 38.9 Å². The summed E-state index contributed by atoms with van der Waals surface area (Å²) in [4.78, 5) is 6.46. The first-order valence-corrected chi connectivity index (χ1v) is 7.12. The molecule has 5 nitrogen and oxygen atoms in total. The number of rotatable bonds is 3. The minimum Gasteiger partial charge on any atom is -0.332 e. The Morgan fingerprint density at radius 1 is 1.33 bits per heavy atom.